The summed E-state index contributed by atoms with van der Waals surface area (Å²) >= 11 is 3.29. The van der Waals surface area contributed by atoms with Gasteiger partial charge < -0.3 is 5.11 Å². The van der Waals surface area contributed by atoms with Crippen LogP contribution in [0.15, 0.2) is 27.6 Å². The first-order valence-electron chi connectivity index (χ1n) is 5.66. The molecule has 5 nitrogen and oxygen atoms in total. The highest BCUT2D eigenvalue weighted by Crippen LogP contribution is 2.22. The van der Waals surface area contributed by atoms with Gasteiger partial charge in [-0.3, -0.25) is 4.79 Å². The summed E-state index contributed by atoms with van der Waals surface area (Å²) in [5.74, 6) is -1.20. The summed E-state index contributed by atoms with van der Waals surface area (Å²) in [5, 5.41) is 9.11. The minimum atomic E-state index is -3.87. The highest BCUT2D eigenvalue weighted by Gasteiger charge is 2.36. The Morgan fingerprint density at radius 2 is 2.05 bits per heavy atom. The number of rotatable bonds is 5. The molecule has 0 saturated carbocycles. The van der Waals surface area contributed by atoms with Crippen molar-refractivity contribution in [2.24, 2.45) is 0 Å². The summed E-state index contributed by atoms with van der Waals surface area (Å²) in [5.41, 5.74) is -0.754. The van der Waals surface area contributed by atoms with Gasteiger partial charge in [0.2, 0.25) is 10.0 Å². The molecule has 7 heteroatoms. The van der Waals surface area contributed by atoms with Crippen molar-refractivity contribution in [2.75, 3.05) is 0 Å². The summed E-state index contributed by atoms with van der Waals surface area (Å²) in [6.07, 6.45) is 0.150. The Kier molecular flexibility index (Phi) is 4.76. The third-order valence-corrected chi connectivity index (χ3v) is 5.46. The van der Waals surface area contributed by atoms with Crippen LogP contribution in [-0.4, -0.2) is 25.0 Å². The second-order valence-electron chi connectivity index (χ2n) is 4.51. The summed E-state index contributed by atoms with van der Waals surface area (Å²) in [4.78, 5) is 11.2. The van der Waals surface area contributed by atoms with Gasteiger partial charge in [-0.15, -0.1) is 0 Å². The molecule has 0 saturated heterocycles. The van der Waals surface area contributed by atoms with Gasteiger partial charge in [0.1, 0.15) is 5.54 Å². The number of halogens is 1. The molecule has 1 rings (SSSR count). The number of carboxylic acid groups (broad SMARTS) is 1. The molecule has 1 aromatic carbocycles. The summed E-state index contributed by atoms with van der Waals surface area (Å²) in [6.45, 7) is 4.72. The third-order valence-electron chi connectivity index (χ3n) is 2.98. The van der Waals surface area contributed by atoms with Crippen LogP contribution in [0.4, 0.5) is 0 Å². The zero-order valence-corrected chi connectivity index (χ0v) is 13.3. The van der Waals surface area contributed by atoms with Crippen molar-refractivity contribution < 1.29 is 18.3 Å². The second-order valence-corrected chi connectivity index (χ2v) is 7.04. The van der Waals surface area contributed by atoms with Crippen LogP contribution in [0.25, 0.3) is 0 Å². The van der Waals surface area contributed by atoms with Crippen LogP contribution in [0.2, 0.25) is 0 Å². The van der Waals surface area contributed by atoms with Crippen molar-refractivity contribution in [3.05, 3.63) is 28.2 Å². The Bertz CT molecular complexity index is 600. The first kappa shape index (κ1) is 16.1. The van der Waals surface area contributed by atoms with E-state index in [4.69, 9.17) is 5.11 Å². The quantitative estimate of drug-likeness (QED) is 0.854. The number of benzene rings is 1. The molecule has 0 radical (unpaired) electrons. The molecular weight excluding hydrogens is 334 g/mol. The molecule has 0 fully saturated rings. The SMILES string of the molecule is CCC(C)(NS(=O)(=O)c1ccc(Br)c(C)c1)C(=O)O. The lowest BCUT2D eigenvalue weighted by Gasteiger charge is -2.24. The number of hydrogen-bond acceptors (Lipinski definition) is 3. The second kappa shape index (κ2) is 5.60. The molecular formula is C12H16BrNO4S. The molecule has 0 amide bonds. The molecule has 0 heterocycles. The Balaban J connectivity index is 3.18. The topological polar surface area (TPSA) is 83.5 Å². The van der Waals surface area contributed by atoms with Crippen LogP contribution in [0.3, 0.4) is 0 Å². The predicted octanol–water partition coefficient (Wildman–Crippen LogP) is 2.29. The van der Waals surface area contributed by atoms with E-state index in [0.29, 0.717) is 0 Å². The van der Waals surface area contributed by atoms with Crippen molar-refractivity contribution in [1.82, 2.24) is 4.72 Å². The maximum atomic E-state index is 12.2. The van der Waals surface area contributed by atoms with Gasteiger partial charge in [0.25, 0.3) is 0 Å². The Hall–Kier alpha value is -0.920. The highest BCUT2D eigenvalue weighted by atomic mass is 79.9. The lowest BCUT2D eigenvalue weighted by atomic mass is 10.0. The first-order chi connectivity index (χ1) is 8.62. The molecule has 0 aromatic heterocycles. The normalized spacial score (nSPS) is 14.9. The molecule has 1 unspecified atom stereocenters. The fourth-order valence-corrected chi connectivity index (χ4v) is 3.18. The zero-order valence-electron chi connectivity index (χ0n) is 10.9. The largest absolute Gasteiger partial charge is 0.480 e. The van der Waals surface area contributed by atoms with E-state index in [0.717, 1.165) is 10.0 Å². The van der Waals surface area contributed by atoms with E-state index in [9.17, 15) is 13.2 Å². The van der Waals surface area contributed by atoms with Crippen molar-refractivity contribution >= 4 is 31.9 Å². The number of carboxylic acids is 1. The van der Waals surface area contributed by atoms with E-state index in [1.807, 2.05) is 0 Å². The summed E-state index contributed by atoms with van der Waals surface area (Å²) < 4.78 is 27.4. The minimum absolute atomic E-state index is 0.0501. The van der Waals surface area contributed by atoms with Gasteiger partial charge in [-0.05, 0) is 44.0 Å². The van der Waals surface area contributed by atoms with E-state index >= 15 is 0 Å². The third kappa shape index (κ3) is 3.55. The minimum Gasteiger partial charge on any atom is -0.480 e. The fraction of sp³-hybridized carbons (Fsp3) is 0.417. The van der Waals surface area contributed by atoms with Crippen molar-refractivity contribution in [3.8, 4) is 0 Å². The number of nitrogens with one attached hydrogen (secondary N) is 1. The fourth-order valence-electron chi connectivity index (χ4n) is 1.41. The smallest absolute Gasteiger partial charge is 0.324 e. The zero-order chi connectivity index (χ0) is 14.8. The van der Waals surface area contributed by atoms with E-state index < -0.39 is 21.5 Å². The maximum absolute atomic E-state index is 12.2. The summed E-state index contributed by atoms with van der Waals surface area (Å²) in [6, 6.07) is 4.54. The van der Waals surface area contributed by atoms with Gasteiger partial charge >= 0.3 is 5.97 Å². The molecule has 0 aliphatic rings. The van der Waals surface area contributed by atoms with Gasteiger partial charge in [-0.2, -0.15) is 4.72 Å². The molecule has 2 N–H and O–H groups in total. The number of sulfonamides is 1. The number of carbonyl (C=O) groups is 1. The average Bonchev–Trinajstić information content (AvgIpc) is 2.31. The van der Waals surface area contributed by atoms with Gasteiger partial charge in [-0.25, -0.2) is 8.42 Å². The molecule has 19 heavy (non-hydrogen) atoms. The number of aryl methyl sites for hydroxylation is 1. The molecule has 1 aromatic rings. The van der Waals surface area contributed by atoms with E-state index in [2.05, 4.69) is 20.7 Å². The Labute approximate surface area is 121 Å². The molecule has 0 bridgehead atoms. The van der Waals surface area contributed by atoms with Gasteiger partial charge in [0.15, 0.2) is 0 Å². The van der Waals surface area contributed by atoms with Gasteiger partial charge in [0, 0.05) is 4.47 Å². The number of aliphatic carboxylic acids is 1. The summed E-state index contributed by atoms with van der Waals surface area (Å²) in [7, 11) is -3.87. The van der Waals surface area contributed by atoms with Gasteiger partial charge in [-0.1, -0.05) is 22.9 Å². The van der Waals surface area contributed by atoms with Crippen molar-refractivity contribution in [3.63, 3.8) is 0 Å². The molecule has 1 atom stereocenters. The lowest BCUT2D eigenvalue weighted by molar-refractivity contribution is -0.143. The van der Waals surface area contributed by atoms with Crippen LogP contribution >= 0.6 is 15.9 Å². The molecule has 0 aliphatic carbocycles. The van der Waals surface area contributed by atoms with Crippen LogP contribution in [-0.2, 0) is 14.8 Å². The maximum Gasteiger partial charge on any atom is 0.324 e. The van der Waals surface area contributed by atoms with Crippen molar-refractivity contribution in [1.29, 1.82) is 0 Å². The molecule has 106 valence electrons. The first-order valence-corrected chi connectivity index (χ1v) is 7.93. The lowest BCUT2D eigenvalue weighted by Crippen LogP contribution is -2.51. The van der Waals surface area contributed by atoms with E-state index in [1.165, 1.54) is 19.1 Å². The van der Waals surface area contributed by atoms with Crippen LogP contribution in [0, 0.1) is 6.92 Å². The number of hydrogen-bond donors (Lipinski definition) is 2. The van der Waals surface area contributed by atoms with Crippen LogP contribution in [0.5, 0.6) is 0 Å². The predicted molar refractivity (Wildman–Crippen MR) is 75.5 cm³/mol. The Morgan fingerprint density at radius 1 is 1.47 bits per heavy atom. The molecule has 0 aliphatic heterocycles. The van der Waals surface area contributed by atoms with Gasteiger partial charge in [0.05, 0.1) is 4.90 Å². The highest BCUT2D eigenvalue weighted by molar-refractivity contribution is 9.10. The standard InChI is InChI=1S/C12H16BrNO4S/c1-4-12(3,11(15)16)14-19(17,18)9-5-6-10(13)8(2)7-9/h5-7,14H,4H2,1-3H3,(H,15,16). The van der Waals surface area contributed by atoms with E-state index in [1.54, 1.807) is 19.9 Å². The van der Waals surface area contributed by atoms with E-state index in [-0.39, 0.29) is 11.3 Å². The monoisotopic (exact) mass is 349 g/mol. The average molecular weight is 350 g/mol. The Morgan fingerprint density at radius 3 is 2.47 bits per heavy atom. The van der Waals surface area contributed by atoms with Crippen LogP contribution in [0.1, 0.15) is 25.8 Å². The van der Waals surface area contributed by atoms with Crippen LogP contribution < -0.4 is 4.72 Å². The van der Waals surface area contributed by atoms with Crippen molar-refractivity contribution in [2.45, 2.75) is 37.6 Å². The molecule has 0 spiro atoms.